The molecule has 0 radical (unpaired) electrons. The van der Waals surface area contributed by atoms with Crippen LogP contribution in [-0.4, -0.2) is 32.0 Å². The number of amides is 1. The summed E-state index contributed by atoms with van der Waals surface area (Å²) in [5.74, 6) is -1.07. The molecule has 5 aromatic rings. The summed E-state index contributed by atoms with van der Waals surface area (Å²) in [5, 5.41) is 18.0. The van der Waals surface area contributed by atoms with E-state index in [0.29, 0.717) is 45.1 Å². The van der Waals surface area contributed by atoms with Crippen LogP contribution >= 0.6 is 0 Å². The number of aryl methyl sites for hydroxylation is 1. The number of nitrogens with zero attached hydrogens (tertiary/aromatic N) is 3. The number of nitrogens with one attached hydrogen (secondary N) is 2. The number of benzene rings is 3. The van der Waals surface area contributed by atoms with Gasteiger partial charge in [-0.25, -0.2) is 15.0 Å². The van der Waals surface area contributed by atoms with Crippen molar-refractivity contribution in [2.24, 2.45) is 0 Å². The molecule has 42 heavy (non-hydrogen) atoms. The van der Waals surface area contributed by atoms with E-state index in [-0.39, 0.29) is 17.0 Å². The van der Waals surface area contributed by atoms with Crippen molar-refractivity contribution in [3.63, 3.8) is 0 Å². The first-order chi connectivity index (χ1) is 20.1. The number of carbonyl (C=O) groups is 1. The van der Waals surface area contributed by atoms with E-state index >= 15 is 0 Å². The Labute approximate surface area is 237 Å². The van der Waals surface area contributed by atoms with Crippen molar-refractivity contribution in [3.05, 3.63) is 95.7 Å². The number of alkyl halides is 3. The smallest absolute Gasteiger partial charge is 0.416 e. The Balaban J connectivity index is 1.44. The summed E-state index contributed by atoms with van der Waals surface area (Å²) in [7, 11) is 0. The average Bonchev–Trinajstić information content (AvgIpc) is 3.78. The molecule has 0 atom stereocenters. The van der Waals surface area contributed by atoms with E-state index in [1.807, 2.05) is 0 Å². The van der Waals surface area contributed by atoms with Gasteiger partial charge in [-0.2, -0.15) is 17.6 Å². The molecule has 0 aliphatic heterocycles. The molecule has 0 spiro atoms. The second-order valence-corrected chi connectivity index (χ2v) is 10.1. The molecule has 2 aromatic heterocycles. The molecule has 1 aliphatic carbocycles. The van der Waals surface area contributed by atoms with Crippen LogP contribution in [0.25, 0.3) is 33.2 Å². The Kier molecular flexibility index (Phi) is 6.72. The van der Waals surface area contributed by atoms with E-state index < -0.39 is 23.6 Å². The van der Waals surface area contributed by atoms with Crippen LogP contribution < -0.4 is 10.6 Å². The Morgan fingerprint density at radius 2 is 1.79 bits per heavy atom. The van der Waals surface area contributed by atoms with E-state index in [2.05, 4.69) is 25.6 Å². The highest BCUT2D eigenvalue weighted by Gasteiger charge is 2.30. The zero-order chi connectivity index (χ0) is 29.6. The SMILES string of the molecule is Cc1ccc(C(=O)Nc2cccc(C(F)(F)F)c2)cc1-c1cc2cnc(NC3CC3)nc2c(-c2ccc(F)nc2)c1O. The van der Waals surface area contributed by atoms with Crippen molar-refractivity contribution in [2.75, 3.05) is 10.6 Å². The third-order valence-electron chi connectivity index (χ3n) is 7.01. The molecule has 1 fully saturated rings. The van der Waals surface area contributed by atoms with Gasteiger partial charge in [-0.3, -0.25) is 4.79 Å². The lowest BCUT2D eigenvalue weighted by Gasteiger charge is -2.17. The van der Waals surface area contributed by atoms with Crippen LogP contribution in [0.5, 0.6) is 5.75 Å². The maximum absolute atomic E-state index is 13.7. The molecule has 7 nitrogen and oxygen atoms in total. The number of aromatic nitrogens is 3. The Bertz CT molecular complexity index is 1840. The number of fused-ring (bicyclic) bond motifs is 1. The fourth-order valence-corrected chi connectivity index (χ4v) is 4.68. The molecule has 0 unspecified atom stereocenters. The molecule has 3 N–H and O–H groups in total. The molecule has 3 aromatic carbocycles. The Hall–Kier alpha value is -5.06. The summed E-state index contributed by atoms with van der Waals surface area (Å²) >= 11 is 0. The number of carbonyl (C=O) groups excluding carboxylic acids is 1. The van der Waals surface area contributed by atoms with E-state index in [0.717, 1.165) is 30.5 Å². The summed E-state index contributed by atoms with van der Waals surface area (Å²) < 4.78 is 53.1. The van der Waals surface area contributed by atoms with Gasteiger partial charge in [0.25, 0.3) is 5.91 Å². The molecule has 1 amide bonds. The maximum atomic E-state index is 13.7. The van der Waals surface area contributed by atoms with Gasteiger partial charge in [0.15, 0.2) is 0 Å². The fourth-order valence-electron chi connectivity index (χ4n) is 4.68. The molecule has 6 rings (SSSR count). The summed E-state index contributed by atoms with van der Waals surface area (Å²) in [4.78, 5) is 25.9. The fraction of sp³-hybridized carbons (Fsp3) is 0.161. The minimum atomic E-state index is -4.55. The topological polar surface area (TPSA) is 100 Å². The molecular formula is C31H23F4N5O2. The summed E-state index contributed by atoms with van der Waals surface area (Å²) in [6.07, 6.45) is 0.390. The van der Waals surface area contributed by atoms with Crippen LogP contribution in [0, 0.1) is 12.9 Å². The van der Waals surface area contributed by atoms with E-state index in [1.54, 1.807) is 37.4 Å². The monoisotopic (exact) mass is 573 g/mol. The predicted molar refractivity (Wildman–Crippen MR) is 151 cm³/mol. The Morgan fingerprint density at radius 3 is 2.50 bits per heavy atom. The summed E-state index contributed by atoms with van der Waals surface area (Å²) in [5.41, 5.74) is 2.02. The number of phenols is 1. The van der Waals surface area contributed by atoms with E-state index in [1.165, 1.54) is 30.5 Å². The highest BCUT2D eigenvalue weighted by molar-refractivity contribution is 6.06. The number of pyridine rings is 1. The normalized spacial score (nSPS) is 13.3. The van der Waals surface area contributed by atoms with Crippen LogP contribution in [0.15, 0.2) is 73.1 Å². The molecule has 1 saturated carbocycles. The van der Waals surface area contributed by atoms with Crippen molar-refractivity contribution in [1.29, 1.82) is 0 Å². The van der Waals surface area contributed by atoms with Crippen molar-refractivity contribution < 1.29 is 27.5 Å². The lowest BCUT2D eigenvalue weighted by atomic mass is 9.92. The second-order valence-electron chi connectivity index (χ2n) is 10.1. The van der Waals surface area contributed by atoms with E-state index in [9.17, 15) is 27.5 Å². The van der Waals surface area contributed by atoms with Crippen molar-refractivity contribution in [1.82, 2.24) is 15.0 Å². The maximum Gasteiger partial charge on any atom is 0.416 e. The van der Waals surface area contributed by atoms with Gasteiger partial charge in [-0.1, -0.05) is 12.1 Å². The number of hydrogen-bond donors (Lipinski definition) is 3. The van der Waals surface area contributed by atoms with Gasteiger partial charge in [0.05, 0.1) is 16.6 Å². The standard InChI is InChI=1S/C31H23F4N5O2/c1-16-5-6-17(29(42)38-22-4-2-3-20(13-22)31(33,34)35)11-23(16)24-12-19-15-37-30(39-21-8-9-21)40-27(19)26(28(24)41)18-7-10-25(32)36-14-18/h2-7,10-15,21,41H,8-9H2,1H3,(H,38,42)(H,37,39,40). The predicted octanol–water partition coefficient (Wildman–Crippen LogP) is 7.36. The van der Waals surface area contributed by atoms with Crippen molar-refractivity contribution in [3.8, 4) is 28.0 Å². The largest absolute Gasteiger partial charge is 0.507 e. The zero-order valence-electron chi connectivity index (χ0n) is 22.1. The van der Waals surface area contributed by atoms with Gasteiger partial charge in [-0.05, 0) is 79.4 Å². The van der Waals surface area contributed by atoms with Crippen LogP contribution in [-0.2, 0) is 6.18 Å². The molecule has 2 heterocycles. The van der Waals surface area contributed by atoms with Gasteiger partial charge >= 0.3 is 6.18 Å². The molecule has 212 valence electrons. The van der Waals surface area contributed by atoms with Gasteiger partial charge in [0.2, 0.25) is 11.9 Å². The average molecular weight is 574 g/mol. The number of rotatable bonds is 6. The first-order valence-electron chi connectivity index (χ1n) is 13.1. The summed E-state index contributed by atoms with van der Waals surface area (Å²) in [6, 6.07) is 13.8. The molecular weight excluding hydrogens is 550 g/mol. The van der Waals surface area contributed by atoms with Crippen LogP contribution in [0.2, 0.25) is 0 Å². The van der Waals surface area contributed by atoms with Crippen molar-refractivity contribution in [2.45, 2.75) is 32.0 Å². The van der Waals surface area contributed by atoms with Crippen LogP contribution in [0.1, 0.15) is 34.3 Å². The zero-order valence-corrected chi connectivity index (χ0v) is 22.1. The molecule has 0 saturated heterocycles. The third kappa shape index (κ3) is 5.45. The van der Waals surface area contributed by atoms with Crippen LogP contribution in [0.4, 0.5) is 29.2 Å². The number of hydrogen-bond acceptors (Lipinski definition) is 6. The van der Waals surface area contributed by atoms with Gasteiger partial charge in [0.1, 0.15) is 5.75 Å². The molecule has 0 bridgehead atoms. The minimum absolute atomic E-state index is 0.00985. The Morgan fingerprint density at radius 1 is 0.976 bits per heavy atom. The van der Waals surface area contributed by atoms with Gasteiger partial charge in [-0.15, -0.1) is 0 Å². The quantitative estimate of drug-likeness (QED) is 0.145. The molecule has 11 heteroatoms. The first-order valence-corrected chi connectivity index (χ1v) is 13.1. The highest BCUT2D eigenvalue weighted by Crippen LogP contribution is 2.44. The highest BCUT2D eigenvalue weighted by atomic mass is 19.4. The number of halogens is 4. The van der Waals surface area contributed by atoms with Crippen molar-refractivity contribution >= 4 is 28.4 Å². The second kappa shape index (κ2) is 10.4. The van der Waals surface area contributed by atoms with E-state index in [4.69, 9.17) is 0 Å². The number of phenolic OH excluding ortho intramolecular Hbond substituents is 1. The minimum Gasteiger partial charge on any atom is -0.507 e. The number of aromatic hydroxyl groups is 1. The third-order valence-corrected chi connectivity index (χ3v) is 7.01. The molecule has 1 aliphatic rings. The number of anilines is 2. The first kappa shape index (κ1) is 27.1. The van der Waals surface area contributed by atoms with Gasteiger partial charge < -0.3 is 15.7 Å². The lowest BCUT2D eigenvalue weighted by molar-refractivity contribution is -0.137. The van der Waals surface area contributed by atoms with Crippen LogP contribution in [0.3, 0.4) is 0 Å². The van der Waals surface area contributed by atoms with Gasteiger partial charge in [0, 0.05) is 46.2 Å². The summed E-state index contributed by atoms with van der Waals surface area (Å²) in [6.45, 7) is 1.80. The lowest BCUT2D eigenvalue weighted by Crippen LogP contribution is -2.13.